The lowest BCUT2D eigenvalue weighted by atomic mass is 10.1. The smallest absolute Gasteiger partial charge is 0.401 e. The van der Waals surface area contributed by atoms with Crippen molar-refractivity contribution in [3.8, 4) is 17.1 Å². The summed E-state index contributed by atoms with van der Waals surface area (Å²) in [5.41, 5.74) is 2.04. The van der Waals surface area contributed by atoms with Gasteiger partial charge in [-0.25, -0.2) is 14.8 Å². The molecule has 0 saturated carbocycles. The molecule has 162 valence electrons. The molecule has 0 unspecified atom stereocenters. The number of carbonyl (C=O) groups excluding carboxylic acids is 1. The van der Waals surface area contributed by atoms with Crippen molar-refractivity contribution in [1.29, 1.82) is 0 Å². The summed E-state index contributed by atoms with van der Waals surface area (Å²) in [7, 11) is 0. The first-order valence-electron chi connectivity index (χ1n) is 11.1. The van der Waals surface area contributed by atoms with E-state index in [0.29, 0.717) is 11.6 Å². The van der Waals surface area contributed by atoms with Gasteiger partial charge < -0.3 is 14.2 Å². The van der Waals surface area contributed by atoms with Gasteiger partial charge in [-0.15, -0.1) is 0 Å². The van der Waals surface area contributed by atoms with Crippen molar-refractivity contribution >= 4 is 6.16 Å². The second-order valence-electron chi connectivity index (χ2n) is 7.76. The molecule has 0 bridgehead atoms. The lowest BCUT2D eigenvalue weighted by molar-refractivity contribution is 0.0562. The highest BCUT2D eigenvalue weighted by molar-refractivity contribution is 5.65. The number of hydrogen-bond donors (Lipinski definition) is 0. The highest BCUT2D eigenvalue weighted by Gasteiger charge is 2.42. The minimum absolute atomic E-state index is 0.00565. The lowest BCUT2D eigenvalue weighted by Gasteiger charge is -2.06. The molecule has 0 N–H and O–H groups in total. The molecule has 2 heterocycles. The number of carbonyl (C=O) groups is 1. The average molecular weight is 413 g/mol. The largest absolute Gasteiger partial charge is 0.516 e. The molecule has 1 aromatic heterocycles. The van der Waals surface area contributed by atoms with Crippen molar-refractivity contribution in [2.24, 2.45) is 0 Å². The van der Waals surface area contributed by atoms with Crippen LogP contribution in [0.4, 0.5) is 4.79 Å². The SMILES string of the molecule is CCCCCCCCc1cnc(-c2ccc(OC(=O)O[C@H]3O[C@H]3CCC)cc2)nc1. The molecule has 1 aliphatic rings. The second-order valence-corrected chi connectivity index (χ2v) is 7.76. The summed E-state index contributed by atoms with van der Waals surface area (Å²) in [6, 6.07) is 7.08. The van der Waals surface area contributed by atoms with E-state index in [0.717, 1.165) is 24.8 Å². The van der Waals surface area contributed by atoms with Gasteiger partial charge in [-0.2, -0.15) is 0 Å². The minimum atomic E-state index is -0.748. The van der Waals surface area contributed by atoms with Crippen LogP contribution in [-0.2, 0) is 15.9 Å². The summed E-state index contributed by atoms with van der Waals surface area (Å²) >= 11 is 0. The Morgan fingerprint density at radius 3 is 2.37 bits per heavy atom. The molecule has 6 nitrogen and oxygen atoms in total. The fraction of sp³-hybridized carbons (Fsp3) is 0.542. The Morgan fingerprint density at radius 1 is 0.967 bits per heavy atom. The molecule has 1 fully saturated rings. The minimum Gasteiger partial charge on any atom is -0.401 e. The molecule has 2 aromatic rings. The van der Waals surface area contributed by atoms with E-state index in [1.54, 1.807) is 12.1 Å². The van der Waals surface area contributed by atoms with Crippen LogP contribution in [0.2, 0.25) is 0 Å². The van der Waals surface area contributed by atoms with Gasteiger partial charge in [0.15, 0.2) is 5.82 Å². The highest BCUT2D eigenvalue weighted by Crippen LogP contribution is 2.28. The Labute approximate surface area is 179 Å². The third-order valence-corrected chi connectivity index (χ3v) is 5.16. The van der Waals surface area contributed by atoms with Gasteiger partial charge in [-0.3, -0.25) is 0 Å². The van der Waals surface area contributed by atoms with Crippen molar-refractivity contribution in [3.05, 3.63) is 42.2 Å². The first-order chi connectivity index (χ1) is 14.7. The Bertz CT molecular complexity index is 777. The number of aryl methyl sites for hydroxylation is 1. The highest BCUT2D eigenvalue weighted by atomic mass is 16.8. The van der Waals surface area contributed by atoms with Crippen molar-refractivity contribution in [3.63, 3.8) is 0 Å². The number of rotatable bonds is 12. The number of ether oxygens (including phenoxy) is 3. The molecule has 1 saturated heterocycles. The fourth-order valence-electron chi connectivity index (χ4n) is 3.35. The number of nitrogens with zero attached hydrogens (tertiary/aromatic N) is 2. The first kappa shape index (κ1) is 22.2. The van der Waals surface area contributed by atoms with Crippen LogP contribution in [0.25, 0.3) is 11.4 Å². The lowest BCUT2D eigenvalue weighted by Crippen LogP contribution is -2.14. The van der Waals surface area contributed by atoms with Crippen molar-refractivity contribution in [2.45, 2.75) is 84.0 Å². The van der Waals surface area contributed by atoms with E-state index in [1.807, 2.05) is 24.5 Å². The Morgan fingerprint density at radius 2 is 1.67 bits per heavy atom. The summed E-state index contributed by atoms with van der Waals surface area (Å²) in [5.74, 6) is 1.07. The summed E-state index contributed by atoms with van der Waals surface area (Å²) in [6.45, 7) is 4.30. The first-order valence-corrected chi connectivity index (χ1v) is 11.1. The predicted molar refractivity (Wildman–Crippen MR) is 115 cm³/mol. The number of epoxide rings is 1. The molecule has 0 radical (unpaired) electrons. The molecule has 2 atom stereocenters. The van der Waals surface area contributed by atoms with E-state index < -0.39 is 12.4 Å². The molecule has 1 aromatic carbocycles. The maximum Gasteiger partial charge on any atom is 0.516 e. The zero-order chi connectivity index (χ0) is 21.2. The van der Waals surface area contributed by atoms with Crippen LogP contribution in [0, 0.1) is 0 Å². The van der Waals surface area contributed by atoms with E-state index >= 15 is 0 Å². The quantitative estimate of drug-likeness (QED) is 0.182. The van der Waals surface area contributed by atoms with Crippen LogP contribution in [0.15, 0.2) is 36.7 Å². The normalized spacial score (nSPS) is 17.5. The van der Waals surface area contributed by atoms with Crippen LogP contribution in [0.1, 0.15) is 70.8 Å². The van der Waals surface area contributed by atoms with Gasteiger partial charge in [-0.05, 0) is 49.1 Å². The van der Waals surface area contributed by atoms with Crippen molar-refractivity contribution in [2.75, 3.05) is 0 Å². The predicted octanol–water partition coefficient (Wildman–Crippen LogP) is 6.09. The van der Waals surface area contributed by atoms with Crippen molar-refractivity contribution in [1.82, 2.24) is 9.97 Å². The Hall–Kier alpha value is -2.47. The zero-order valence-electron chi connectivity index (χ0n) is 18.0. The number of hydrogen-bond acceptors (Lipinski definition) is 6. The summed E-state index contributed by atoms with van der Waals surface area (Å²) < 4.78 is 15.6. The average Bonchev–Trinajstić information content (AvgIpc) is 3.49. The molecule has 1 aliphatic heterocycles. The molecular formula is C24H32N2O4. The Kier molecular flexibility index (Phi) is 8.63. The van der Waals surface area contributed by atoms with Gasteiger partial charge in [0.2, 0.25) is 6.29 Å². The monoisotopic (exact) mass is 412 g/mol. The Balaban J connectivity index is 1.42. The van der Waals surface area contributed by atoms with Gasteiger partial charge in [0, 0.05) is 18.0 Å². The van der Waals surface area contributed by atoms with Crippen LogP contribution in [0.5, 0.6) is 5.75 Å². The third-order valence-electron chi connectivity index (χ3n) is 5.16. The van der Waals surface area contributed by atoms with E-state index in [4.69, 9.17) is 14.2 Å². The van der Waals surface area contributed by atoms with E-state index in [2.05, 4.69) is 23.8 Å². The maximum atomic E-state index is 11.8. The number of benzene rings is 1. The fourth-order valence-corrected chi connectivity index (χ4v) is 3.35. The zero-order valence-corrected chi connectivity index (χ0v) is 18.0. The van der Waals surface area contributed by atoms with Gasteiger partial charge in [0.05, 0.1) is 0 Å². The second kappa shape index (κ2) is 11.6. The maximum absolute atomic E-state index is 11.8. The summed E-state index contributed by atoms with van der Waals surface area (Å²) in [6.07, 6.45) is 13.2. The van der Waals surface area contributed by atoms with E-state index in [1.165, 1.54) is 44.1 Å². The molecule has 0 amide bonds. The van der Waals surface area contributed by atoms with Gasteiger partial charge in [-0.1, -0.05) is 52.4 Å². The van der Waals surface area contributed by atoms with Gasteiger partial charge in [0.25, 0.3) is 0 Å². The number of aromatic nitrogens is 2. The standard InChI is InChI=1S/C24H32N2O4/c1-3-5-6-7-8-9-11-18-16-25-22(26-17-18)19-12-14-20(15-13-19)28-24(27)30-23-21(29-23)10-4-2/h12-17,21,23H,3-11H2,1-2H3/t21-,23+/m0/s1. The van der Waals surface area contributed by atoms with E-state index in [-0.39, 0.29) is 6.10 Å². The summed E-state index contributed by atoms with van der Waals surface area (Å²) in [5, 5.41) is 0. The molecule has 30 heavy (non-hydrogen) atoms. The van der Waals surface area contributed by atoms with Crippen LogP contribution in [-0.4, -0.2) is 28.5 Å². The number of unbranched alkanes of at least 4 members (excludes halogenated alkanes) is 5. The molecule has 0 aliphatic carbocycles. The molecular weight excluding hydrogens is 380 g/mol. The van der Waals surface area contributed by atoms with Crippen LogP contribution < -0.4 is 4.74 Å². The molecule has 3 rings (SSSR count). The van der Waals surface area contributed by atoms with Gasteiger partial charge in [0.1, 0.15) is 11.9 Å². The summed E-state index contributed by atoms with van der Waals surface area (Å²) in [4.78, 5) is 20.8. The van der Waals surface area contributed by atoms with Gasteiger partial charge >= 0.3 is 6.16 Å². The van der Waals surface area contributed by atoms with Crippen LogP contribution >= 0.6 is 0 Å². The van der Waals surface area contributed by atoms with Crippen LogP contribution in [0.3, 0.4) is 0 Å². The third kappa shape index (κ3) is 7.10. The molecule has 0 spiro atoms. The topological polar surface area (TPSA) is 73.8 Å². The van der Waals surface area contributed by atoms with Crippen molar-refractivity contribution < 1.29 is 19.0 Å². The molecule has 6 heteroatoms. The van der Waals surface area contributed by atoms with E-state index in [9.17, 15) is 4.79 Å².